The maximum atomic E-state index is 11.4. The van der Waals surface area contributed by atoms with E-state index in [0.717, 1.165) is 18.8 Å². The van der Waals surface area contributed by atoms with Crippen LogP contribution < -0.4 is 5.32 Å². The van der Waals surface area contributed by atoms with Crippen molar-refractivity contribution in [1.82, 2.24) is 5.32 Å². The van der Waals surface area contributed by atoms with Gasteiger partial charge in [0, 0.05) is 12.1 Å². The first-order valence-corrected chi connectivity index (χ1v) is 8.33. The third-order valence-corrected chi connectivity index (χ3v) is 6.28. The normalized spacial score (nSPS) is 41.3. The summed E-state index contributed by atoms with van der Waals surface area (Å²) in [5.74, 6) is 0.355. The predicted molar refractivity (Wildman–Crippen MR) is 81.6 cm³/mol. The van der Waals surface area contributed by atoms with Gasteiger partial charge in [-0.05, 0) is 42.9 Å². The van der Waals surface area contributed by atoms with Crippen molar-refractivity contribution < 1.29 is 9.90 Å². The maximum Gasteiger partial charge on any atom is 0.307 e. The number of hydrogen-bond donors (Lipinski definition) is 2. The second kappa shape index (κ2) is 6.05. The van der Waals surface area contributed by atoms with E-state index in [4.69, 9.17) is 0 Å². The van der Waals surface area contributed by atoms with Crippen molar-refractivity contribution in [2.24, 2.45) is 23.2 Å². The van der Waals surface area contributed by atoms with Crippen LogP contribution in [0.15, 0.2) is 0 Å². The largest absolute Gasteiger partial charge is 0.481 e. The van der Waals surface area contributed by atoms with E-state index in [-0.39, 0.29) is 11.3 Å². The number of aliphatic carboxylic acids is 1. The van der Waals surface area contributed by atoms with E-state index in [9.17, 15) is 9.90 Å². The zero-order valence-corrected chi connectivity index (χ0v) is 13.5. The van der Waals surface area contributed by atoms with E-state index < -0.39 is 5.97 Å². The molecule has 0 aliphatic heterocycles. The van der Waals surface area contributed by atoms with Crippen LogP contribution in [0.4, 0.5) is 0 Å². The number of hydrogen-bond acceptors (Lipinski definition) is 2. The van der Waals surface area contributed by atoms with E-state index >= 15 is 0 Å². The first-order chi connectivity index (χ1) is 9.34. The van der Waals surface area contributed by atoms with Gasteiger partial charge in [0.2, 0.25) is 0 Å². The highest BCUT2D eigenvalue weighted by Gasteiger charge is 2.46. The molecule has 3 nitrogen and oxygen atoms in total. The molecule has 0 aromatic rings. The predicted octanol–water partition coefficient (Wildman–Crippen LogP) is 3.68. The van der Waals surface area contributed by atoms with Crippen LogP contribution >= 0.6 is 0 Å². The Morgan fingerprint density at radius 3 is 2.30 bits per heavy atom. The smallest absolute Gasteiger partial charge is 0.307 e. The lowest BCUT2D eigenvalue weighted by Gasteiger charge is -2.48. The Kier molecular flexibility index (Phi) is 4.78. The summed E-state index contributed by atoms with van der Waals surface area (Å²) in [6.07, 6.45) is 7.14. The standard InChI is InChI=1S/C17H31NO2/c1-11-7-5-6-8-14(11)18-15-10-9-13(16(19)20)17(3,4)12(15)2/h11-15,18H,5-10H2,1-4H3,(H,19,20). The molecule has 0 bridgehead atoms. The van der Waals surface area contributed by atoms with Gasteiger partial charge in [-0.3, -0.25) is 4.79 Å². The molecule has 0 aromatic carbocycles. The van der Waals surface area contributed by atoms with Crippen LogP contribution in [-0.4, -0.2) is 23.2 Å². The van der Waals surface area contributed by atoms with Gasteiger partial charge in [-0.1, -0.05) is 40.5 Å². The van der Waals surface area contributed by atoms with Gasteiger partial charge in [0.25, 0.3) is 0 Å². The maximum absolute atomic E-state index is 11.4. The van der Waals surface area contributed by atoms with Crippen molar-refractivity contribution in [3.63, 3.8) is 0 Å². The molecule has 2 N–H and O–H groups in total. The van der Waals surface area contributed by atoms with Gasteiger partial charge in [-0.15, -0.1) is 0 Å². The van der Waals surface area contributed by atoms with Crippen molar-refractivity contribution in [2.45, 2.75) is 78.3 Å². The van der Waals surface area contributed by atoms with E-state index in [2.05, 4.69) is 33.0 Å². The van der Waals surface area contributed by atoms with E-state index in [1.165, 1.54) is 25.7 Å². The molecule has 116 valence electrons. The van der Waals surface area contributed by atoms with Crippen LogP contribution in [0.2, 0.25) is 0 Å². The van der Waals surface area contributed by atoms with Crippen molar-refractivity contribution in [3.05, 3.63) is 0 Å². The Labute approximate surface area is 123 Å². The monoisotopic (exact) mass is 281 g/mol. The van der Waals surface area contributed by atoms with E-state index in [0.29, 0.717) is 18.0 Å². The summed E-state index contributed by atoms with van der Waals surface area (Å²) in [5, 5.41) is 13.3. The Morgan fingerprint density at radius 2 is 1.70 bits per heavy atom. The summed E-state index contributed by atoms with van der Waals surface area (Å²) in [5.41, 5.74) is -0.125. The summed E-state index contributed by atoms with van der Waals surface area (Å²) in [7, 11) is 0. The Balaban J connectivity index is 2.02. The Bertz CT molecular complexity index is 353. The van der Waals surface area contributed by atoms with Crippen molar-refractivity contribution >= 4 is 5.97 Å². The summed E-state index contributed by atoms with van der Waals surface area (Å²) >= 11 is 0. The number of rotatable bonds is 3. The molecule has 2 saturated carbocycles. The second-order valence-corrected chi connectivity index (χ2v) is 7.72. The molecular weight excluding hydrogens is 250 g/mol. The summed E-state index contributed by atoms with van der Waals surface area (Å²) < 4.78 is 0. The minimum Gasteiger partial charge on any atom is -0.481 e. The Morgan fingerprint density at radius 1 is 1.05 bits per heavy atom. The lowest BCUT2D eigenvalue weighted by atomic mass is 9.60. The highest BCUT2D eigenvalue weighted by Crippen LogP contribution is 2.45. The molecule has 0 heterocycles. The van der Waals surface area contributed by atoms with Crippen LogP contribution in [-0.2, 0) is 4.79 Å². The minimum absolute atomic E-state index is 0.125. The fraction of sp³-hybridized carbons (Fsp3) is 0.941. The lowest BCUT2D eigenvalue weighted by Crippen LogP contribution is -2.54. The van der Waals surface area contributed by atoms with Crippen molar-refractivity contribution in [2.75, 3.05) is 0 Å². The van der Waals surface area contributed by atoms with E-state index in [1.807, 2.05) is 0 Å². The molecule has 0 amide bonds. The minimum atomic E-state index is -0.619. The molecule has 20 heavy (non-hydrogen) atoms. The topological polar surface area (TPSA) is 49.3 Å². The average molecular weight is 281 g/mol. The first-order valence-electron chi connectivity index (χ1n) is 8.33. The molecule has 2 aliphatic carbocycles. The van der Waals surface area contributed by atoms with Gasteiger partial charge in [0.15, 0.2) is 0 Å². The molecule has 2 rings (SSSR count). The summed E-state index contributed by atoms with van der Waals surface area (Å²) in [6, 6.07) is 1.11. The lowest BCUT2D eigenvalue weighted by molar-refractivity contribution is -0.150. The number of carboxylic acid groups (broad SMARTS) is 1. The van der Waals surface area contributed by atoms with Gasteiger partial charge in [-0.2, -0.15) is 0 Å². The Hall–Kier alpha value is -0.570. The molecule has 5 atom stereocenters. The van der Waals surface area contributed by atoms with Gasteiger partial charge in [0.1, 0.15) is 0 Å². The molecule has 0 spiro atoms. The average Bonchev–Trinajstić information content (AvgIpc) is 2.37. The van der Waals surface area contributed by atoms with Gasteiger partial charge >= 0.3 is 5.97 Å². The number of nitrogens with one attached hydrogen (secondary N) is 1. The van der Waals surface area contributed by atoms with Crippen LogP contribution in [0.3, 0.4) is 0 Å². The van der Waals surface area contributed by atoms with Crippen LogP contribution in [0.25, 0.3) is 0 Å². The molecule has 3 heteroatoms. The second-order valence-electron chi connectivity index (χ2n) is 7.72. The van der Waals surface area contributed by atoms with Crippen molar-refractivity contribution in [3.8, 4) is 0 Å². The quantitative estimate of drug-likeness (QED) is 0.829. The molecule has 5 unspecified atom stereocenters. The van der Waals surface area contributed by atoms with Gasteiger partial charge in [-0.25, -0.2) is 0 Å². The van der Waals surface area contributed by atoms with Gasteiger partial charge < -0.3 is 10.4 Å². The molecule has 0 aromatic heterocycles. The van der Waals surface area contributed by atoms with Crippen molar-refractivity contribution in [1.29, 1.82) is 0 Å². The zero-order chi connectivity index (χ0) is 14.9. The third kappa shape index (κ3) is 3.03. The highest BCUT2D eigenvalue weighted by atomic mass is 16.4. The zero-order valence-electron chi connectivity index (χ0n) is 13.5. The summed E-state index contributed by atoms with van der Waals surface area (Å²) in [4.78, 5) is 11.4. The van der Waals surface area contributed by atoms with Crippen LogP contribution in [0, 0.1) is 23.2 Å². The summed E-state index contributed by atoms with van der Waals surface area (Å²) in [6.45, 7) is 8.86. The molecule has 0 radical (unpaired) electrons. The number of carboxylic acids is 1. The van der Waals surface area contributed by atoms with Gasteiger partial charge in [0.05, 0.1) is 5.92 Å². The van der Waals surface area contributed by atoms with E-state index in [1.54, 1.807) is 0 Å². The molecule has 0 saturated heterocycles. The fourth-order valence-electron chi connectivity index (χ4n) is 4.31. The third-order valence-electron chi connectivity index (χ3n) is 6.28. The molecule has 2 aliphatic rings. The fourth-order valence-corrected chi connectivity index (χ4v) is 4.31. The van der Waals surface area contributed by atoms with Crippen LogP contribution in [0.5, 0.6) is 0 Å². The van der Waals surface area contributed by atoms with Crippen LogP contribution in [0.1, 0.15) is 66.2 Å². The molecule has 2 fully saturated rings. The highest BCUT2D eigenvalue weighted by molar-refractivity contribution is 5.71. The SMILES string of the molecule is CC1CCCCC1NC1CCC(C(=O)O)C(C)(C)C1C. The number of carbonyl (C=O) groups is 1. The first kappa shape index (κ1) is 15.8. The molecular formula is C17H31NO2.